The summed E-state index contributed by atoms with van der Waals surface area (Å²) in [7, 11) is 0. The van der Waals surface area contributed by atoms with Crippen LogP contribution in [0.2, 0.25) is 0 Å². The molecule has 0 bridgehead atoms. The second kappa shape index (κ2) is 6.89. The van der Waals surface area contributed by atoms with Crippen molar-refractivity contribution in [3.05, 3.63) is 23.9 Å². The van der Waals surface area contributed by atoms with Gasteiger partial charge in [-0.25, -0.2) is 4.79 Å². The third kappa shape index (κ3) is 7.33. The number of carbonyl (C=O) groups excluding carboxylic acids is 1. The van der Waals surface area contributed by atoms with Gasteiger partial charge in [-0.15, -0.1) is 0 Å². The average molecular weight is 238 g/mol. The molecule has 0 radical (unpaired) electrons. The molecular weight excluding hydrogens is 216 g/mol. The lowest BCUT2D eigenvalue weighted by Crippen LogP contribution is -2.30. The van der Waals surface area contributed by atoms with Crippen molar-refractivity contribution in [1.82, 2.24) is 5.32 Å². The van der Waals surface area contributed by atoms with E-state index >= 15 is 0 Å². The molecule has 0 unspecified atom stereocenters. The van der Waals surface area contributed by atoms with Gasteiger partial charge in [0.1, 0.15) is 5.60 Å². The van der Waals surface area contributed by atoms with Gasteiger partial charge in [-0.2, -0.15) is 0 Å². The monoisotopic (exact) mass is 238 g/mol. The molecule has 0 heterocycles. The van der Waals surface area contributed by atoms with Crippen molar-refractivity contribution >= 4 is 12.3 Å². The standard InChI is InChI=1S/C13H22N2O2/c1-6-7-10(2)11(8-14)9-15-12(16)17-13(3,4)5/h8-9,14H,2,6-7H2,1,3-5H3,(H,15,16)/b11-9+,14-8?. The van der Waals surface area contributed by atoms with Crippen LogP contribution >= 0.6 is 0 Å². The molecule has 4 nitrogen and oxygen atoms in total. The molecule has 2 N–H and O–H groups in total. The Kier molecular flexibility index (Phi) is 6.25. The van der Waals surface area contributed by atoms with Crippen LogP contribution in [0.4, 0.5) is 4.79 Å². The van der Waals surface area contributed by atoms with E-state index in [4.69, 9.17) is 10.1 Å². The minimum Gasteiger partial charge on any atom is -0.444 e. The van der Waals surface area contributed by atoms with E-state index in [1.165, 1.54) is 12.4 Å². The fourth-order valence-electron chi connectivity index (χ4n) is 1.14. The van der Waals surface area contributed by atoms with Crippen LogP contribution < -0.4 is 5.32 Å². The second-order valence-corrected chi connectivity index (χ2v) is 4.74. The van der Waals surface area contributed by atoms with E-state index < -0.39 is 11.7 Å². The minimum absolute atomic E-state index is 0.525. The molecule has 0 atom stereocenters. The van der Waals surface area contributed by atoms with Gasteiger partial charge in [-0.1, -0.05) is 19.9 Å². The van der Waals surface area contributed by atoms with Gasteiger partial charge in [0.25, 0.3) is 0 Å². The van der Waals surface area contributed by atoms with Crippen molar-refractivity contribution in [3.8, 4) is 0 Å². The van der Waals surface area contributed by atoms with Crippen LogP contribution in [0.3, 0.4) is 0 Å². The maximum Gasteiger partial charge on any atom is 0.411 e. The van der Waals surface area contributed by atoms with Crippen molar-refractivity contribution in [2.45, 2.75) is 46.1 Å². The molecule has 0 aromatic carbocycles. The predicted octanol–water partition coefficient (Wildman–Crippen LogP) is 3.40. The number of carbonyl (C=O) groups is 1. The maximum absolute atomic E-state index is 11.4. The first-order valence-electron chi connectivity index (χ1n) is 5.68. The highest BCUT2D eigenvalue weighted by Crippen LogP contribution is 2.11. The Balaban J connectivity index is 4.42. The lowest BCUT2D eigenvalue weighted by atomic mass is 10.1. The molecular formula is C13H22N2O2. The summed E-state index contributed by atoms with van der Waals surface area (Å²) in [6.07, 6.45) is 3.86. The van der Waals surface area contributed by atoms with Crippen LogP contribution in [0.5, 0.6) is 0 Å². The number of hydrogen-bond acceptors (Lipinski definition) is 3. The van der Waals surface area contributed by atoms with Gasteiger partial charge in [0, 0.05) is 18.0 Å². The third-order valence-electron chi connectivity index (χ3n) is 1.86. The molecule has 96 valence electrons. The van der Waals surface area contributed by atoms with E-state index in [0.29, 0.717) is 5.57 Å². The van der Waals surface area contributed by atoms with Gasteiger partial charge < -0.3 is 10.1 Å². The summed E-state index contributed by atoms with van der Waals surface area (Å²) in [5.74, 6) is 0. The van der Waals surface area contributed by atoms with Crippen molar-refractivity contribution < 1.29 is 9.53 Å². The minimum atomic E-state index is -0.527. The van der Waals surface area contributed by atoms with Crippen LogP contribution in [0.15, 0.2) is 23.9 Å². The van der Waals surface area contributed by atoms with Gasteiger partial charge in [0.2, 0.25) is 0 Å². The Bertz CT molecular complexity index is 325. The molecule has 0 aliphatic carbocycles. The molecule has 1 amide bonds. The van der Waals surface area contributed by atoms with E-state index in [1.807, 2.05) is 6.92 Å². The Labute approximate surface area is 103 Å². The summed E-state index contributed by atoms with van der Waals surface area (Å²) in [5, 5.41) is 9.74. The van der Waals surface area contributed by atoms with Crippen LogP contribution in [0, 0.1) is 5.41 Å². The molecule has 0 aromatic rings. The summed E-state index contributed by atoms with van der Waals surface area (Å²) in [6.45, 7) is 11.3. The lowest BCUT2D eigenvalue weighted by Gasteiger charge is -2.19. The largest absolute Gasteiger partial charge is 0.444 e. The highest BCUT2D eigenvalue weighted by atomic mass is 16.6. The first-order valence-corrected chi connectivity index (χ1v) is 5.68. The third-order valence-corrected chi connectivity index (χ3v) is 1.86. The van der Waals surface area contributed by atoms with Gasteiger partial charge in [0.05, 0.1) is 0 Å². The van der Waals surface area contributed by atoms with Crippen molar-refractivity contribution in [2.75, 3.05) is 0 Å². The van der Waals surface area contributed by atoms with Crippen molar-refractivity contribution in [2.24, 2.45) is 0 Å². The smallest absolute Gasteiger partial charge is 0.411 e. The number of hydrogen-bond donors (Lipinski definition) is 2. The summed E-state index contributed by atoms with van der Waals surface area (Å²) >= 11 is 0. The Hall–Kier alpha value is -1.58. The molecule has 0 spiro atoms. The number of rotatable bonds is 5. The fourth-order valence-corrected chi connectivity index (χ4v) is 1.14. The van der Waals surface area contributed by atoms with Gasteiger partial charge in [-0.05, 0) is 32.8 Å². The first-order chi connectivity index (χ1) is 7.80. The normalized spacial score (nSPS) is 11.9. The van der Waals surface area contributed by atoms with Crippen LogP contribution in [-0.4, -0.2) is 17.9 Å². The molecule has 0 aliphatic rings. The zero-order chi connectivity index (χ0) is 13.5. The lowest BCUT2D eigenvalue weighted by molar-refractivity contribution is 0.0552. The van der Waals surface area contributed by atoms with Crippen LogP contribution in [0.1, 0.15) is 40.5 Å². The zero-order valence-corrected chi connectivity index (χ0v) is 11.1. The summed E-state index contributed by atoms with van der Waals surface area (Å²) in [6, 6.07) is 0. The first kappa shape index (κ1) is 15.4. The number of allylic oxidation sites excluding steroid dienone is 2. The summed E-state index contributed by atoms with van der Waals surface area (Å²) in [5.41, 5.74) is 0.916. The number of alkyl carbamates (subject to hydrolysis) is 1. The molecule has 0 aliphatic heterocycles. The van der Waals surface area contributed by atoms with Crippen LogP contribution in [0.25, 0.3) is 0 Å². The summed E-state index contributed by atoms with van der Waals surface area (Å²) < 4.78 is 5.07. The topological polar surface area (TPSA) is 62.2 Å². The van der Waals surface area contributed by atoms with E-state index in [0.717, 1.165) is 18.4 Å². The van der Waals surface area contributed by atoms with Gasteiger partial charge in [0.15, 0.2) is 0 Å². The Morgan fingerprint density at radius 1 is 1.47 bits per heavy atom. The Morgan fingerprint density at radius 3 is 2.47 bits per heavy atom. The highest BCUT2D eigenvalue weighted by Gasteiger charge is 2.15. The Morgan fingerprint density at radius 2 is 2.06 bits per heavy atom. The van der Waals surface area contributed by atoms with E-state index in [-0.39, 0.29) is 0 Å². The van der Waals surface area contributed by atoms with E-state index in [1.54, 1.807) is 20.8 Å². The summed E-state index contributed by atoms with van der Waals surface area (Å²) in [4.78, 5) is 11.4. The molecule has 0 aromatic heterocycles. The molecule has 0 saturated carbocycles. The maximum atomic E-state index is 11.4. The molecule has 17 heavy (non-hydrogen) atoms. The predicted molar refractivity (Wildman–Crippen MR) is 70.3 cm³/mol. The number of ether oxygens (including phenoxy) is 1. The quantitative estimate of drug-likeness (QED) is 0.569. The van der Waals surface area contributed by atoms with Gasteiger partial charge in [-0.3, -0.25) is 5.32 Å². The van der Waals surface area contributed by atoms with Crippen LogP contribution in [-0.2, 0) is 4.74 Å². The average Bonchev–Trinajstić information content (AvgIpc) is 2.16. The second-order valence-electron chi connectivity index (χ2n) is 4.74. The van der Waals surface area contributed by atoms with E-state index in [9.17, 15) is 4.79 Å². The number of nitrogens with one attached hydrogen (secondary N) is 2. The molecule has 0 rings (SSSR count). The SMILES string of the molecule is C=C(CCC)/C(C=N)=C/NC(=O)OC(C)(C)C. The van der Waals surface area contributed by atoms with Crippen molar-refractivity contribution in [3.63, 3.8) is 0 Å². The number of amides is 1. The molecule has 4 heteroatoms. The fraction of sp³-hybridized carbons (Fsp3) is 0.538. The molecule has 0 saturated heterocycles. The highest BCUT2D eigenvalue weighted by molar-refractivity contribution is 5.83. The van der Waals surface area contributed by atoms with Gasteiger partial charge >= 0.3 is 6.09 Å². The van der Waals surface area contributed by atoms with E-state index in [2.05, 4.69) is 11.9 Å². The zero-order valence-electron chi connectivity index (χ0n) is 11.1. The molecule has 0 fully saturated rings. The van der Waals surface area contributed by atoms with Crippen molar-refractivity contribution in [1.29, 1.82) is 5.41 Å².